The Kier molecular flexibility index (Phi) is 21.5. The minimum Gasteiger partial charge on any atom is -0.460 e. The molecule has 12 atom stereocenters. The first-order valence-electron chi connectivity index (χ1n) is 23.2. The molecule has 0 bridgehead atoms. The number of likely N-dealkylation sites (tertiary alicyclic amines) is 1. The Bertz CT molecular complexity index is 1680. The lowest BCUT2D eigenvalue weighted by atomic mass is 9.79. The summed E-state index contributed by atoms with van der Waals surface area (Å²) in [7, 11) is 0. The maximum Gasteiger partial charge on any atom is 0.329 e. The van der Waals surface area contributed by atoms with Gasteiger partial charge in [-0.2, -0.15) is 0 Å². The minimum atomic E-state index is -2.48. The van der Waals surface area contributed by atoms with Crippen molar-refractivity contribution in [1.29, 1.82) is 0 Å². The van der Waals surface area contributed by atoms with E-state index in [2.05, 4.69) is 13.2 Å². The highest BCUT2D eigenvalue weighted by Gasteiger charge is 2.53. The van der Waals surface area contributed by atoms with E-state index in [0.29, 0.717) is 56.9 Å². The molecule has 0 aromatic carbocycles. The quantitative estimate of drug-likeness (QED) is 0.0344. The number of Topliss-reactive ketones (excluding diaryl/α,β-unsaturated/α-hetero) is 3. The normalized spacial score (nSPS) is 28.8. The summed E-state index contributed by atoms with van der Waals surface area (Å²) in [6.07, 6.45) is 9.75. The number of hydrogen-bond acceptors (Lipinski definition) is 12. The lowest BCUT2D eigenvalue weighted by Gasteiger charge is -2.42. The van der Waals surface area contributed by atoms with Crippen molar-refractivity contribution in [2.45, 2.75) is 180 Å². The SMILES string of the molecule is C=C/C=C/C=C(\C)[C@@H](O)C[C@@H]1CC[C@@H](C)[C@](O)(C(=O)C(=O)N2CCCC[C@H]2C(=O)O[C@@H](CC(=O)[C@H](C)/C=C(\C)[C@@H](O)[C@@H](O)C(=O)[C@H](C)C[C@@H](C)C=C)[C@H](C)C[C@H]2CC[C@H](O)CC2)O1. The zero-order chi connectivity index (χ0) is 47.2. The molecule has 0 spiro atoms. The second-order valence-electron chi connectivity index (χ2n) is 18.9. The number of rotatable bonds is 23. The third-order valence-electron chi connectivity index (χ3n) is 13.6. The van der Waals surface area contributed by atoms with Gasteiger partial charge >= 0.3 is 5.97 Å². The highest BCUT2D eigenvalue weighted by molar-refractivity contribution is 6.39. The molecule has 3 fully saturated rings. The van der Waals surface area contributed by atoms with Gasteiger partial charge in [-0.15, -0.1) is 6.58 Å². The van der Waals surface area contributed by atoms with Crippen molar-refractivity contribution in [3.63, 3.8) is 0 Å². The lowest BCUT2D eigenvalue weighted by molar-refractivity contribution is -0.265. The molecule has 13 nitrogen and oxygen atoms in total. The second kappa shape index (κ2) is 25.2. The first kappa shape index (κ1) is 53.7. The van der Waals surface area contributed by atoms with Gasteiger partial charge in [-0.05, 0) is 113 Å². The summed E-state index contributed by atoms with van der Waals surface area (Å²) in [5.74, 6) is -8.45. The number of piperidine rings is 1. The molecule has 1 aliphatic carbocycles. The average molecular weight is 884 g/mol. The number of aliphatic hydroxyl groups is 5. The average Bonchev–Trinajstić information content (AvgIpc) is 3.26. The molecular weight excluding hydrogens is 807 g/mol. The molecular formula is C50H77NO12. The van der Waals surface area contributed by atoms with Crippen LogP contribution in [0.4, 0.5) is 0 Å². The van der Waals surface area contributed by atoms with Gasteiger partial charge in [0.2, 0.25) is 5.79 Å². The van der Waals surface area contributed by atoms with Crippen molar-refractivity contribution in [1.82, 2.24) is 4.90 Å². The van der Waals surface area contributed by atoms with Crippen molar-refractivity contribution in [2.75, 3.05) is 6.54 Å². The fourth-order valence-corrected chi connectivity index (χ4v) is 9.12. The van der Waals surface area contributed by atoms with Crippen LogP contribution in [-0.4, -0.2) is 115 Å². The van der Waals surface area contributed by atoms with Crippen LogP contribution in [0, 0.1) is 35.5 Å². The number of amides is 1. The fourth-order valence-electron chi connectivity index (χ4n) is 9.12. The first-order valence-corrected chi connectivity index (χ1v) is 23.2. The largest absolute Gasteiger partial charge is 0.460 e. The van der Waals surface area contributed by atoms with Crippen molar-refractivity contribution in [2.24, 2.45) is 35.5 Å². The topological polar surface area (TPSA) is 208 Å². The molecule has 0 unspecified atom stereocenters. The van der Waals surface area contributed by atoms with Crippen LogP contribution in [0.5, 0.6) is 0 Å². The smallest absolute Gasteiger partial charge is 0.329 e. The van der Waals surface area contributed by atoms with E-state index in [1.807, 2.05) is 13.8 Å². The van der Waals surface area contributed by atoms with Crippen LogP contribution < -0.4 is 0 Å². The van der Waals surface area contributed by atoms with Gasteiger partial charge in [0.1, 0.15) is 30.1 Å². The summed E-state index contributed by atoms with van der Waals surface area (Å²) in [4.78, 5) is 70.3. The first-order chi connectivity index (χ1) is 29.6. The van der Waals surface area contributed by atoms with Gasteiger partial charge in [0.05, 0.1) is 18.3 Å². The Morgan fingerprint density at radius 1 is 0.873 bits per heavy atom. The number of ketones is 3. The molecule has 2 saturated heterocycles. The molecule has 1 saturated carbocycles. The summed E-state index contributed by atoms with van der Waals surface area (Å²) in [6, 6.07) is -1.16. The van der Waals surface area contributed by atoms with Crippen molar-refractivity contribution in [3.05, 3.63) is 60.8 Å². The number of aliphatic hydroxyl groups excluding tert-OH is 4. The van der Waals surface area contributed by atoms with E-state index in [-0.39, 0.29) is 61.0 Å². The van der Waals surface area contributed by atoms with Crippen LogP contribution in [0.3, 0.4) is 0 Å². The summed E-state index contributed by atoms with van der Waals surface area (Å²) in [6.45, 7) is 19.5. The monoisotopic (exact) mass is 884 g/mol. The highest BCUT2D eigenvalue weighted by atomic mass is 16.6. The number of nitrogens with zero attached hydrogens (tertiary/aromatic N) is 1. The number of ether oxygens (including phenoxy) is 2. The van der Waals surface area contributed by atoms with Crippen LogP contribution >= 0.6 is 0 Å². The van der Waals surface area contributed by atoms with Crippen LogP contribution in [0.2, 0.25) is 0 Å². The van der Waals surface area contributed by atoms with E-state index in [0.717, 1.165) is 17.7 Å². The minimum absolute atomic E-state index is 0.0387. The number of carbonyl (C=O) groups is 5. The Morgan fingerprint density at radius 3 is 2.17 bits per heavy atom. The number of esters is 1. The summed E-state index contributed by atoms with van der Waals surface area (Å²) < 4.78 is 12.1. The van der Waals surface area contributed by atoms with Gasteiger partial charge in [-0.25, -0.2) is 4.79 Å². The van der Waals surface area contributed by atoms with Gasteiger partial charge in [-0.1, -0.05) is 77.7 Å². The van der Waals surface area contributed by atoms with Gasteiger partial charge in [-0.3, -0.25) is 19.2 Å². The molecule has 63 heavy (non-hydrogen) atoms. The predicted octanol–water partition coefficient (Wildman–Crippen LogP) is 6.05. The van der Waals surface area contributed by atoms with Crippen LogP contribution in [-0.2, 0) is 33.4 Å². The van der Waals surface area contributed by atoms with Crippen molar-refractivity contribution < 1.29 is 59.0 Å². The zero-order valence-electron chi connectivity index (χ0n) is 38.8. The second-order valence-corrected chi connectivity index (χ2v) is 18.9. The van der Waals surface area contributed by atoms with Crippen LogP contribution in [0.15, 0.2) is 60.8 Å². The van der Waals surface area contributed by atoms with Gasteiger partial charge in [0.15, 0.2) is 5.78 Å². The van der Waals surface area contributed by atoms with Crippen molar-refractivity contribution >= 4 is 29.2 Å². The van der Waals surface area contributed by atoms with Crippen molar-refractivity contribution in [3.8, 4) is 0 Å². The summed E-state index contributed by atoms with van der Waals surface area (Å²) in [5, 5.41) is 54.4. The molecule has 0 aromatic heterocycles. The Labute approximate surface area is 375 Å². The molecule has 0 aromatic rings. The zero-order valence-corrected chi connectivity index (χ0v) is 38.8. The Balaban J connectivity index is 1.80. The number of hydrogen-bond donors (Lipinski definition) is 5. The standard InChI is InChI=1S/C50H77NO12/c1-10-12-13-16-31(4)41(53)28-39-23-18-36(9)50(61,63-39)47(58)48(59)51-24-15-14-17-40(51)49(60)62-43(33(6)27-37-19-21-38(52)22-20-37)29-42(54)32(5)26-35(8)45(56)46(57)44(55)34(7)25-30(3)11-2/h10-13,16,26,30,32-34,36-41,43,45-46,52-53,56-57,61H,1-2,14-15,17-25,27-29H2,3-9H3/b13-12+,31-16+,35-26+/t30-,32+,33+,34+,36+,37-,38-,39-,40-,41-,43-,45+,46-,50+/m0/s1. The lowest BCUT2D eigenvalue weighted by Crippen LogP contribution is -2.61. The summed E-state index contributed by atoms with van der Waals surface area (Å²) >= 11 is 0. The van der Waals surface area contributed by atoms with Gasteiger partial charge in [0, 0.05) is 37.1 Å². The molecule has 0 radical (unpaired) electrons. The van der Waals surface area contributed by atoms with E-state index in [4.69, 9.17) is 9.47 Å². The summed E-state index contributed by atoms with van der Waals surface area (Å²) in [5.41, 5.74) is 0.888. The van der Waals surface area contributed by atoms with Gasteiger partial charge in [0.25, 0.3) is 11.7 Å². The molecule has 2 aliphatic heterocycles. The molecule has 2 heterocycles. The number of carbonyl (C=O) groups excluding carboxylic acids is 5. The molecule has 3 aliphatic rings. The third kappa shape index (κ3) is 15.2. The molecule has 354 valence electrons. The Hall–Kier alpha value is -3.59. The Morgan fingerprint density at radius 2 is 1.54 bits per heavy atom. The molecule has 3 rings (SSSR count). The van der Waals surface area contributed by atoms with E-state index in [9.17, 15) is 49.5 Å². The van der Waals surface area contributed by atoms with Crippen LogP contribution in [0.1, 0.15) is 132 Å². The highest BCUT2D eigenvalue weighted by Crippen LogP contribution is 2.37. The molecule has 13 heteroatoms. The van der Waals surface area contributed by atoms with E-state index in [1.165, 1.54) is 13.0 Å². The van der Waals surface area contributed by atoms with E-state index in [1.54, 1.807) is 58.1 Å². The molecule has 5 N–H and O–H groups in total. The van der Waals surface area contributed by atoms with E-state index < -0.39 is 83.5 Å². The third-order valence-corrected chi connectivity index (χ3v) is 13.6. The maximum atomic E-state index is 14.2. The van der Waals surface area contributed by atoms with E-state index >= 15 is 0 Å². The predicted molar refractivity (Wildman–Crippen MR) is 241 cm³/mol. The fraction of sp³-hybridized carbons (Fsp3) is 0.700. The molecule has 1 amide bonds. The number of allylic oxidation sites excluding steroid dienone is 6. The maximum absolute atomic E-state index is 14.2. The van der Waals surface area contributed by atoms with Crippen LogP contribution in [0.25, 0.3) is 0 Å². The van der Waals surface area contributed by atoms with Gasteiger partial charge < -0.3 is 39.9 Å².